The van der Waals surface area contributed by atoms with Gasteiger partial charge in [-0.2, -0.15) is 0 Å². The average Bonchev–Trinajstić information content (AvgIpc) is 2.92. The van der Waals surface area contributed by atoms with Crippen LogP contribution in [0.5, 0.6) is 11.6 Å². The molecule has 0 spiro atoms. The van der Waals surface area contributed by atoms with Crippen molar-refractivity contribution in [2.24, 2.45) is 5.73 Å². The summed E-state index contributed by atoms with van der Waals surface area (Å²) in [6.07, 6.45) is 6.26. The molecule has 2 saturated heterocycles. The molecule has 1 aromatic carbocycles. The van der Waals surface area contributed by atoms with Crippen LogP contribution in [0.1, 0.15) is 49.9 Å². The SMILES string of the molecule is CC(C)Oc1cc2c(OC3CC4CCC(C3)N4)nccc2cc1C(N)=O. The van der Waals surface area contributed by atoms with Gasteiger partial charge in [-0.3, -0.25) is 4.79 Å². The maximum Gasteiger partial charge on any atom is 0.252 e. The van der Waals surface area contributed by atoms with Gasteiger partial charge in [0, 0.05) is 23.7 Å². The van der Waals surface area contributed by atoms with Crippen molar-refractivity contribution in [3.8, 4) is 11.6 Å². The molecule has 3 N–H and O–H groups in total. The van der Waals surface area contributed by atoms with E-state index in [1.807, 2.05) is 26.0 Å². The molecule has 2 unspecified atom stereocenters. The van der Waals surface area contributed by atoms with Crippen LogP contribution in [0.2, 0.25) is 0 Å². The minimum Gasteiger partial charge on any atom is -0.490 e. The summed E-state index contributed by atoms with van der Waals surface area (Å²) >= 11 is 0. The molecule has 0 radical (unpaired) electrons. The predicted molar refractivity (Wildman–Crippen MR) is 99.6 cm³/mol. The fourth-order valence-corrected chi connectivity index (χ4v) is 4.07. The van der Waals surface area contributed by atoms with Crippen LogP contribution >= 0.6 is 0 Å². The molecular weight excluding hydrogens is 330 g/mol. The zero-order valence-electron chi connectivity index (χ0n) is 15.2. The number of rotatable bonds is 5. The molecule has 4 rings (SSSR count). The van der Waals surface area contributed by atoms with Crippen molar-refractivity contribution in [1.82, 2.24) is 10.3 Å². The number of carbonyl (C=O) groups excluding carboxylic acids is 1. The summed E-state index contributed by atoms with van der Waals surface area (Å²) in [6, 6.07) is 6.55. The van der Waals surface area contributed by atoms with E-state index in [-0.39, 0.29) is 12.2 Å². The molecular formula is C20H25N3O3. The molecule has 6 heteroatoms. The molecule has 138 valence electrons. The maximum atomic E-state index is 11.8. The second-order valence-corrected chi connectivity index (χ2v) is 7.57. The van der Waals surface area contributed by atoms with E-state index < -0.39 is 5.91 Å². The van der Waals surface area contributed by atoms with E-state index in [0.717, 1.165) is 23.6 Å². The zero-order chi connectivity index (χ0) is 18.3. The third-order valence-electron chi connectivity index (χ3n) is 5.16. The normalized spacial score (nSPS) is 24.8. The van der Waals surface area contributed by atoms with Crippen molar-refractivity contribution < 1.29 is 14.3 Å². The number of ether oxygens (including phenoxy) is 2. The molecule has 2 fully saturated rings. The number of piperidine rings is 1. The van der Waals surface area contributed by atoms with Crippen LogP contribution in [0, 0.1) is 0 Å². The van der Waals surface area contributed by atoms with Crippen molar-refractivity contribution in [2.75, 3.05) is 0 Å². The molecule has 1 aromatic heterocycles. The lowest BCUT2D eigenvalue weighted by Gasteiger charge is -2.29. The lowest BCUT2D eigenvalue weighted by Crippen LogP contribution is -2.42. The fraction of sp³-hybridized carbons (Fsp3) is 0.500. The van der Waals surface area contributed by atoms with Gasteiger partial charge in [0.2, 0.25) is 5.88 Å². The smallest absolute Gasteiger partial charge is 0.252 e. The highest BCUT2D eigenvalue weighted by Gasteiger charge is 2.34. The van der Waals surface area contributed by atoms with E-state index in [2.05, 4.69) is 10.3 Å². The number of pyridine rings is 1. The number of fused-ring (bicyclic) bond motifs is 3. The Morgan fingerprint density at radius 1 is 1.27 bits per heavy atom. The van der Waals surface area contributed by atoms with Crippen LogP contribution in [0.15, 0.2) is 24.4 Å². The van der Waals surface area contributed by atoms with Crippen LogP contribution in [0.3, 0.4) is 0 Å². The van der Waals surface area contributed by atoms with E-state index in [0.29, 0.717) is 29.3 Å². The Morgan fingerprint density at radius 3 is 2.65 bits per heavy atom. The number of hydrogen-bond acceptors (Lipinski definition) is 5. The Labute approximate surface area is 153 Å². The minimum absolute atomic E-state index is 0.0633. The summed E-state index contributed by atoms with van der Waals surface area (Å²) in [4.78, 5) is 16.3. The standard InChI is InChI=1S/C20H25N3O3/c1-11(2)25-18-10-16-12(7-17(18)19(21)24)5-6-22-20(16)26-15-8-13-3-4-14(9-15)23-13/h5-7,10-11,13-15,23H,3-4,8-9H2,1-2H3,(H2,21,24). The number of carbonyl (C=O) groups is 1. The van der Waals surface area contributed by atoms with Gasteiger partial charge in [0.05, 0.1) is 11.7 Å². The number of nitrogens with one attached hydrogen (secondary N) is 1. The molecule has 0 saturated carbocycles. The Balaban J connectivity index is 1.69. The van der Waals surface area contributed by atoms with Crippen molar-refractivity contribution in [2.45, 2.75) is 63.8 Å². The number of nitrogens with zero attached hydrogens (tertiary/aromatic N) is 1. The summed E-state index contributed by atoms with van der Waals surface area (Å²) in [5, 5.41) is 5.34. The molecule has 2 aliphatic heterocycles. The van der Waals surface area contributed by atoms with Gasteiger partial charge in [-0.1, -0.05) is 0 Å². The van der Waals surface area contributed by atoms with Gasteiger partial charge in [0.15, 0.2) is 0 Å². The van der Waals surface area contributed by atoms with Gasteiger partial charge >= 0.3 is 0 Å². The predicted octanol–water partition coefficient (Wildman–Crippen LogP) is 2.78. The summed E-state index contributed by atoms with van der Waals surface area (Å²) in [5.74, 6) is 0.568. The van der Waals surface area contributed by atoms with Crippen molar-refractivity contribution >= 4 is 16.7 Å². The van der Waals surface area contributed by atoms with E-state index in [9.17, 15) is 4.79 Å². The summed E-state index contributed by atoms with van der Waals surface area (Å²) in [7, 11) is 0. The van der Waals surface area contributed by atoms with Gasteiger partial charge in [-0.15, -0.1) is 0 Å². The third-order valence-corrected chi connectivity index (χ3v) is 5.16. The highest BCUT2D eigenvalue weighted by Crippen LogP contribution is 2.34. The monoisotopic (exact) mass is 355 g/mol. The Kier molecular flexibility index (Phi) is 4.44. The highest BCUT2D eigenvalue weighted by atomic mass is 16.5. The largest absolute Gasteiger partial charge is 0.490 e. The Bertz CT molecular complexity index is 824. The van der Waals surface area contributed by atoms with E-state index in [1.165, 1.54) is 12.8 Å². The molecule has 26 heavy (non-hydrogen) atoms. The molecule has 3 heterocycles. The third kappa shape index (κ3) is 3.33. The summed E-state index contributed by atoms with van der Waals surface area (Å²) in [5.41, 5.74) is 5.91. The first-order chi connectivity index (χ1) is 12.5. The number of primary amides is 1. The Hall–Kier alpha value is -2.34. The van der Waals surface area contributed by atoms with E-state index in [1.54, 1.807) is 12.3 Å². The van der Waals surface area contributed by atoms with Crippen LogP contribution < -0.4 is 20.5 Å². The maximum absolute atomic E-state index is 11.8. The molecule has 6 nitrogen and oxygen atoms in total. The molecule has 2 aromatic rings. The topological polar surface area (TPSA) is 86.5 Å². The number of aromatic nitrogens is 1. The number of nitrogens with two attached hydrogens (primary N) is 1. The summed E-state index contributed by atoms with van der Waals surface area (Å²) < 4.78 is 12.1. The second kappa shape index (κ2) is 6.76. The molecule has 2 bridgehead atoms. The number of hydrogen-bond donors (Lipinski definition) is 2. The Morgan fingerprint density at radius 2 is 2.00 bits per heavy atom. The van der Waals surface area contributed by atoms with Gasteiger partial charge in [-0.25, -0.2) is 4.98 Å². The van der Waals surface area contributed by atoms with Crippen LogP contribution in [0.25, 0.3) is 10.8 Å². The molecule has 1 amide bonds. The highest BCUT2D eigenvalue weighted by molar-refractivity contribution is 6.01. The zero-order valence-corrected chi connectivity index (χ0v) is 15.2. The van der Waals surface area contributed by atoms with Crippen molar-refractivity contribution in [1.29, 1.82) is 0 Å². The molecule has 0 aliphatic carbocycles. The lowest BCUT2D eigenvalue weighted by atomic mass is 10.0. The van der Waals surface area contributed by atoms with Gasteiger partial charge in [-0.05, 0) is 63.1 Å². The van der Waals surface area contributed by atoms with Crippen LogP contribution in [-0.4, -0.2) is 35.2 Å². The molecule has 2 aliphatic rings. The van der Waals surface area contributed by atoms with Gasteiger partial charge in [0.1, 0.15) is 11.9 Å². The fourth-order valence-electron chi connectivity index (χ4n) is 4.07. The quantitative estimate of drug-likeness (QED) is 0.861. The summed E-state index contributed by atoms with van der Waals surface area (Å²) in [6.45, 7) is 3.83. The first-order valence-corrected chi connectivity index (χ1v) is 9.31. The van der Waals surface area contributed by atoms with Crippen molar-refractivity contribution in [3.05, 3.63) is 30.0 Å². The van der Waals surface area contributed by atoms with Gasteiger partial charge < -0.3 is 20.5 Å². The van der Waals surface area contributed by atoms with Crippen molar-refractivity contribution in [3.63, 3.8) is 0 Å². The van der Waals surface area contributed by atoms with Crippen LogP contribution in [0.4, 0.5) is 0 Å². The van der Waals surface area contributed by atoms with E-state index in [4.69, 9.17) is 15.2 Å². The average molecular weight is 355 g/mol. The molecule has 2 atom stereocenters. The minimum atomic E-state index is -0.503. The van der Waals surface area contributed by atoms with E-state index >= 15 is 0 Å². The number of benzene rings is 1. The second-order valence-electron chi connectivity index (χ2n) is 7.57. The van der Waals surface area contributed by atoms with Crippen LogP contribution in [-0.2, 0) is 0 Å². The number of amides is 1. The first kappa shape index (κ1) is 17.1. The lowest BCUT2D eigenvalue weighted by molar-refractivity contribution is 0.0994. The first-order valence-electron chi connectivity index (χ1n) is 9.31. The van der Waals surface area contributed by atoms with Gasteiger partial charge in [0.25, 0.3) is 5.91 Å².